The monoisotopic (exact) mass is 339 g/mol. The summed E-state index contributed by atoms with van der Waals surface area (Å²) in [4.78, 5) is 24.2. The van der Waals surface area contributed by atoms with E-state index in [-0.39, 0.29) is 18.3 Å². The fourth-order valence-electron chi connectivity index (χ4n) is 2.63. The van der Waals surface area contributed by atoms with Crippen molar-refractivity contribution in [3.63, 3.8) is 0 Å². The van der Waals surface area contributed by atoms with Gasteiger partial charge in [0.1, 0.15) is 0 Å². The molecule has 0 radical (unpaired) electrons. The molecular weight excluding hydrogens is 314 g/mol. The molecule has 0 saturated carbocycles. The molecule has 0 bridgehead atoms. The minimum atomic E-state index is -0.416. The molecule has 2 aromatic rings. The van der Waals surface area contributed by atoms with Gasteiger partial charge in [0.15, 0.2) is 0 Å². The molecule has 0 aliphatic rings. The summed E-state index contributed by atoms with van der Waals surface area (Å²) in [6.07, 6.45) is 3.41. The smallest absolute Gasteiger partial charge is 0.307 e. The summed E-state index contributed by atoms with van der Waals surface area (Å²) in [5.41, 5.74) is 2.69. The Kier molecular flexibility index (Phi) is 7.20. The average Bonchev–Trinajstić information content (AvgIpc) is 2.66. The van der Waals surface area contributed by atoms with Gasteiger partial charge in [-0.2, -0.15) is 0 Å². The highest BCUT2D eigenvalue weighted by Gasteiger charge is 2.19. The molecule has 0 fully saturated rings. The van der Waals surface area contributed by atoms with Crippen LogP contribution in [0.4, 0.5) is 0 Å². The van der Waals surface area contributed by atoms with E-state index in [0.717, 1.165) is 24.8 Å². The van der Waals surface area contributed by atoms with Gasteiger partial charge in [0.05, 0.1) is 19.6 Å². The SMILES string of the molecule is CCCCc1ccc(C(=O)NC(CC(=O)OC)c2ccccc2)cc1. The number of rotatable bonds is 8. The Hall–Kier alpha value is -2.62. The summed E-state index contributed by atoms with van der Waals surface area (Å²) in [7, 11) is 1.35. The first kappa shape index (κ1) is 18.7. The van der Waals surface area contributed by atoms with E-state index >= 15 is 0 Å². The van der Waals surface area contributed by atoms with Crippen LogP contribution < -0.4 is 5.32 Å². The number of hydrogen-bond donors (Lipinski definition) is 1. The van der Waals surface area contributed by atoms with Crippen LogP contribution in [0.3, 0.4) is 0 Å². The predicted octanol–water partition coefficient (Wildman–Crippen LogP) is 4.06. The van der Waals surface area contributed by atoms with Gasteiger partial charge in [-0.1, -0.05) is 55.8 Å². The normalized spacial score (nSPS) is 11.6. The lowest BCUT2D eigenvalue weighted by atomic mass is 10.0. The Bertz CT molecular complexity index is 680. The van der Waals surface area contributed by atoms with Crippen LogP contribution in [0, 0.1) is 0 Å². The molecule has 0 heterocycles. The topological polar surface area (TPSA) is 55.4 Å². The molecule has 1 unspecified atom stereocenters. The van der Waals surface area contributed by atoms with Gasteiger partial charge in [-0.25, -0.2) is 0 Å². The molecule has 0 saturated heterocycles. The lowest BCUT2D eigenvalue weighted by molar-refractivity contribution is -0.141. The highest BCUT2D eigenvalue weighted by Crippen LogP contribution is 2.18. The number of carbonyl (C=O) groups excluding carboxylic acids is 2. The summed E-state index contributed by atoms with van der Waals surface area (Å²) in [6, 6.07) is 16.7. The fraction of sp³-hybridized carbons (Fsp3) is 0.333. The van der Waals surface area contributed by atoms with Crippen molar-refractivity contribution < 1.29 is 14.3 Å². The number of methoxy groups -OCH3 is 1. The number of nitrogens with one attached hydrogen (secondary N) is 1. The van der Waals surface area contributed by atoms with E-state index in [0.29, 0.717) is 5.56 Å². The molecule has 2 aromatic carbocycles. The molecule has 132 valence electrons. The molecule has 0 aliphatic heterocycles. The van der Waals surface area contributed by atoms with Gasteiger partial charge < -0.3 is 10.1 Å². The van der Waals surface area contributed by atoms with Crippen LogP contribution in [0.25, 0.3) is 0 Å². The van der Waals surface area contributed by atoms with Crippen LogP contribution in [-0.4, -0.2) is 19.0 Å². The first-order chi connectivity index (χ1) is 12.1. The van der Waals surface area contributed by atoms with Crippen molar-refractivity contribution in [2.75, 3.05) is 7.11 Å². The zero-order valence-electron chi connectivity index (χ0n) is 14.8. The maximum atomic E-state index is 12.6. The molecule has 1 atom stereocenters. The van der Waals surface area contributed by atoms with Crippen LogP contribution in [0.2, 0.25) is 0 Å². The van der Waals surface area contributed by atoms with Gasteiger partial charge in [0.2, 0.25) is 0 Å². The van der Waals surface area contributed by atoms with Crippen molar-refractivity contribution in [3.8, 4) is 0 Å². The minimum absolute atomic E-state index is 0.0981. The molecule has 4 heteroatoms. The maximum absolute atomic E-state index is 12.6. The van der Waals surface area contributed by atoms with Gasteiger partial charge in [-0.15, -0.1) is 0 Å². The standard InChI is InChI=1S/C21H25NO3/c1-3-4-8-16-11-13-18(14-12-16)21(24)22-19(15-20(23)25-2)17-9-6-5-7-10-17/h5-7,9-14,19H,3-4,8,15H2,1-2H3,(H,22,24). The Labute approximate surface area is 149 Å². The zero-order valence-corrected chi connectivity index (χ0v) is 14.8. The minimum Gasteiger partial charge on any atom is -0.469 e. The van der Waals surface area contributed by atoms with Crippen LogP contribution in [0.15, 0.2) is 54.6 Å². The summed E-state index contributed by atoms with van der Waals surface area (Å²) in [5.74, 6) is -0.552. The number of amides is 1. The van der Waals surface area contributed by atoms with E-state index in [1.54, 1.807) is 0 Å². The van der Waals surface area contributed by atoms with Crippen molar-refractivity contribution in [2.24, 2.45) is 0 Å². The number of carbonyl (C=O) groups is 2. The highest BCUT2D eigenvalue weighted by molar-refractivity contribution is 5.94. The summed E-state index contributed by atoms with van der Waals surface area (Å²) in [5, 5.41) is 2.94. The van der Waals surface area contributed by atoms with E-state index in [2.05, 4.69) is 12.2 Å². The lowest BCUT2D eigenvalue weighted by Gasteiger charge is -2.18. The quantitative estimate of drug-likeness (QED) is 0.738. The first-order valence-electron chi connectivity index (χ1n) is 8.65. The molecule has 1 amide bonds. The summed E-state index contributed by atoms with van der Waals surface area (Å²) < 4.78 is 4.75. The largest absolute Gasteiger partial charge is 0.469 e. The van der Waals surface area contributed by atoms with Crippen molar-refractivity contribution in [1.29, 1.82) is 0 Å². The summed E-state index contributed by atoms with van der Waals surface area (Å²) in [6.45, 7) is 2.16. The van der Waals surface area contributed by atoms with Crippen molar-refractivity contribution >= 4 is 11.9 Å². The number of ether oxygens (including phenoxy) is 1. The fourth-order valence-corrected chi connectivity index (χ4v) is 2.63. The van der Waals surface area contributed by atoms with Crippen molar-refractivity contribution in [3.05, 3.63) is 71.3 Å². The Balaban J connectivity index is 2.09. The third-order valence-electron chi connectivity index (χ3n) is 4.14. The molecule has 1 N–H and O–H groups in total. The second-order valence-corrected chi connectivity index (χ2v) is 6.02. The van der Waals surface area contributed by atoms with Crippen LogP contribution in [0.1, 0.15) is 53.7 Å². The van der Waals surface area contributed by atoms with E-state index in [1.165, 1.54) is 12.7 Å². The molecule has 25 heavy (non-hydrogen) atoms. The highest BCUT2D eigenvalue weighted by atomic mass is 16.5. The van der Waals surface area contributed by atoms with Crippen LogP contribution in [-0.2, 0) is 16.0 Å². The van der Waals surface area contributed by atoms with Gasteiger partial charge in [0, 0.05) is 5.56 Å². The maximum Gasteiger partial charge on any atom is 0.307 e. The van der Waals surface area contributed by atoms with Gasteiger partial charge >= 0.3 is 5.97 Å². The van der Waals surface area contributed by atoms with E-state index in [4.69, 9.17) is 4.74 Å². The first-order valence-corrected chi connectivity index (χ1v) is 8.65. The Morgan fingerprint density at radius 3 is 2.32 bits per heavy atom. The third kappa shape index (κ3) is 5.75. The lowest BCUT2D eigenvalue weighted by Crippen LogP contribution is -2.30. The molecular formula is C21H25NO3. The van der Waals surface area contributed by atoms with Crippen LogP contribution >= 0.6 is 0 Å². The van der Waals surface area contributed by atoms with Crippen molar-refractivity contribution in [1.82, 2.24) is 5.32 Å². The second kappa shape index (κ2) is 9.62. The van der Waals surface area contributed by atoms with E-state index in [1.807, 2.05) is 54.6 Å². The Morgan fingerprint density at radius 1 is 1.04 bits per heavy atom. The predicted molar refractivity (Wildman–Crippen MR) is 98.3 cm³/mol. The molecule has 0 aromatic heterocycles. The Morgan fingerprint density at radius 2 is 1.72 bits per heavy atom. The number of esters is 1. The van der Waals surface area contributed by atoms with Gasteiger partial charge in [-0.3, -0.25) is 9.59 Å². The number of aryl methyl sites for hydroxylation is 1. The molecule has 2 rings (SSSR count). The second-order valence-electron chi connectivity index (χ2n) is 6.02. The summed E-state index contributed by atoms with van der Waals surface area (Å²) >= 11 is 0. The van der Waals surface area contributed by atoms with Crippen LogP contribution in [0.5, 0.6) is 0 Å². The third-order valence-corrected chi connectivity index (χ3v) is 4.14. The van der Waals surface area contributed by atoms with Crippen molar-refractivity contribution in [2.45, 2.75) is 38.6 Å². The molecule has 0 aliphatic carbocycles. The average molecular weight is 339 g/mol. The van der Waals surface area contributed by atoms with Gasteiger partial charge in [-0.05, 0) is 36.1 Å². The number of benzene rings is 2. The zero-order chi connectivity index (χ0) is 18.1. The number of unbranched alkanes of at least 4 members (excludes halogenated alkanes) is 1. The van der Waals surface area contributed by atoms with E-state index in [9.17, 15) is 9.59 Å². The molecule has 0 spiro atoms. The van der Waals surface area contributed by atoms with Gasteiger partial charge in [0.25, 0.3) is 5.91 Å². The van der Waals surface area contributed by atoms with E-state index < -0.39 is 6.04 Å². The number of hydrogen-bond acceptors (Lipinski definition) is 3. The molecule has 4 nitrogen and oxygen atoms in total.